The number of nitrogens with zero attached hydrogens (tertiary/aromatic N) is 1. The van der Waals surface area contributed by atoms with Gasteiger partial charge in [0.25, 0.3) is 0 Å². The monoisotopic (exact) mass is 252 g/mol. The standard InChI is InChI=1S/C12H16N2O2S/c1-13-12(16)9-2-4-14(5-3-9)10-6-11(7-15)17-8-10/h6-9H,2-5H2,1H3,(H,13,16). The summed E-state index contributed by atoms with van der Waals surface area (Å²) in [5.41, 5.74) is 1.10. The summed E-state index contributed by atoms with van der Waals surface area (Å²) in [6, 6.07) is 1.91. The Balaban J connectivity index is 1.94. The lowest BCUT2D eigenvalue weighted by Gasteiger charge is -2.32. The molecule has 0 unspecified atom stereocenters. The molecule has 1 amide bonds. The van der Waals surface area contributed by atoms with Gasteiger partial charge < -0.3 is 10.2 Å². The zero-order valence-electron chi connectivity index (χ0n) is 9.81. The third-order valence-electron chi connectivity index (χ3n) is 3.20. The number of rotatable bonds is 3. The van der Waals surface area contributed by atoms with Crippen molar-refractivity contribution < 1.29 is 9.59 Å². The predicted octanol–water partition coefficient (Wildman–Crippen LogP) is 1.52. The van der Waals surface area contributed by atoms with Gasteiger partial charge in [-0.2, -0.15) is 0 Å². The van der Waals surface area contributed by atoms with Gasteiger partial charge in [0.15, 0.2) is 6.29 Å². The van der Waals surface area contributed by atoms with E-state index in [1.165, 1.54) is 11.3 Å². The van der Waals surface area contributed by atoms with E-state index in [-0.39, 0.29) is 11.8 Å². The summed E-state index contributed by atoms with van der Waals surface area (Å²) in [6.07, 6.45) is 2.64. The number of hydrogen-bond acceptors (Lipinski definition) is 4. The Morgan fingerprint density at radius 2 is 2.24 bits per heavy atom. The highest BCUT2D eigenvalue weighted by Crippen LogP contribution is 2.27. The summed E-state index contributed by atoms with van der Waals surface area (Å²) in [4.78, 5) is 25.1. The molecule has 0 saturated carbocycles. The van der Waals surface area contributed by atoms with Gasteiger partial charge in [0.1, 0.15) is 0 Å². The lowest BCUT2D eigenvalue weighted by Crippen LogP contribution is -2.39. The van der Waals surface area contributed by atoms with Crippen molar-refractivity contribution in [1.29, 1.82) is 0 Å². The minimum atomic E-state index is 0.139. The van der Waals surface area contributed by atoms with Crippen LogP contribution in [0.3, 0.4) is 0 Å². The zero-order chi connectivity index (χ0) is 12.3. The van der Waals surface area contributed by atoms with Crippen LogP contribution in [-0.4, -0.2) is 32.3 Å². The van der Waals surface area contributed by atoms with Gasteiger partial charge in [0, 0.05) is 37.1 Å². The van der Waals surface area contributed by atoms with E-state index in [9.17, 15) is 9.59 Å². The molecule has 0 radical (unpaired) electrons. The van der Waals surface area contributed by atoms with Crippen molar-refractivity contribution in [2.45, 2.75) is 12.8 Å². The number of anilines is 1. The topological polar surface area (TPSA) is 49.4 Å². The van der Waals surface area contributed by atoms with E-state index >= 15 is 0 Å². The van der Waals surface area contributed by atoms with Crippen LogP contribution in [0.25, 0.3) is 0 Å². The van der Waals surface area contributed by atoms with E-state index < -0.39 is 0 Å². The number of amides is 1. The number of carbonyl (C=O) groups excluding carboxylic acids is 2. The molecule has 0 aliphatic carbocycles. The van der Waals surface area contributed by atoms with Gasteiger partial charge in [-0.25, -0.2) is 0 Å². The van der Waals surface area contributed by atoms with E-state index in [1.54, 1.807) is 7.05 Å². The summed E-state index contributed by atoms with van der Waals surface area (Å²) in [7, 11) is 1.68. The molecule has 1 aromatic heterocycles. The number of thiophene rings is 1. The van der Waals surface area contributed by atoms with Crippen LogP contribution in [-0.2, 0) is 4.79 Å². The molecule has 17 heavy (non-hydrogen) atoms. The summed E-state index contributed by atoms with van der Waals surface area (Å²) in [6.45, 7) is 1.76. The fourth-order valence-electron chi connectivity index (χ4n) is 2.17. The van der Waals surface area contributed by atoms with Crippen molar-refractivity contribution in [3.8, 4) is 0 Å². The SMILES string of the molecule is CNC(=O)C1CCN(c2csc(C=O)c2)CC1. The van der Waals surface area contributed by atoms with E-state index in [0.717, 1.165) is 42.8 Å². The maximum Gasteiger partial charge on any atom is 0.222 e. The Bertz CT molecular complexity index is 408. The molecule has 1 aliphatic rings. The van der Waals surface area contributed by atoms with E-state index in [0.29, 0.717) is 0 Å². The molecular weight excluding hydrogens is 236 g/mol. The maximum atomic E-state index is 11.5. The number of carbonyl (C=O) groups is 2. The molecular formula is C12H16N2O2S. The Hall–Kier alpha value is -1.36. The first-order chi connectivity index (χ1) is 8.24. The smallest absolute Gasteiger partial charge is 0.222 e. The Morgan fingerprint density at radius 3 is 2.76 bits per heavy atom. The number of aldehydes is 1. The van der Waals surface area contributed by atoms with Gasteiger partial charge in [-0.15, -0.1) is 11.3 Å². The van der Waals surface area contributed by atoms with Gasteiger partial charge in [0.2, 0.25) is 5.91 Å². The lowest BCUT2D eigenvalue weighted by molar-refractivity contribution is -0.125. The molecule has 0 spiro atoms. The molecule has 1 aromatic rings. The molecule has 2 rings (SSSR count). The minimum Gasteiger partial charge on any atom is -0.371 e. The van der Waals surface area contributed by atoms with Crippen LogP contribution in [0, 0.1) is 5.92 Å². The summed E-state index contributed by atoms with van der Waals surface area (Å²) in [5, 5.41) is 4.70. The predicted molar refractivity (Wildman–Crippen MR) is 68.7 cm³/mol. The first-order valence-electron chi connectivity index (χ1n) is 5.75. The minimum absolute atomic E-state index is 0.139. The van der Waals surface area contributed by atoms with Gasteiger partial charge in [-0.05, 0) is 18.9 Å². The molecule has 1 saturated heterocycles. The summed E-state index contributed by atoms with van der Waals surface area (Å²) < 4.78 is 0. The highest BCUT2D eigenvalue weighted by atomic mass is 32.1. The van der Waals surface area contributed by atoms with Crippen LogP contribution < -0.4 is 10.2 Å². The Morgan fingerprint density at radius 1 is 1.53 bits per heavy atom. The molecule has 1 N–H and O–H groups in total. The third kappa shape index (κ3) is 2.66. The molecule has 0 aromatic carbocycles. The molecule has 1 aliphatic heterocycles. The second kappa shape index (κ2) is 5.31. The zero-order valence-corrected chi connectivity index (χ0v) is 10.6. The van der Waals surface area contributed by atoms with Crippen molar-refractivity contribution >= 4 is 29.2 Å². The van der Waals surface area contributed by atoms with Crippen molar-refractivity contribution in [2.24, 2.45) is 5.92 Å². The molecule has 92 valence electrons. The molecule has 2 heterocycles. The molecule has 0 atom stereocenters. The van der Waals surface area contributed by atoms with Crippen LogP contribution in [0.5, 0.6) is 0 Å². The number of nitrogens with one attached hydrogen (secondary N) is 1. The fraction of sp³-hybridized carbons (Fsp3) is 0.500. The van der Waals surface area contributed by atoms with Crippen molar-refractivity contribution in [2.75, 3.05) is 25.0 Å². The van der Waals surface area contributed by atoms with Crippen molar-refractivity contribution in [3.63, 3.8) is 0 Å². The average Bonchev–Trinajstić information content (AvgIpc) is 2.87. The molecule has 0 bridgehead atoms. The van der Waals surface area contributed by atoms with Crippen molar-refractivity contribution in [1.82, 2.24) is 5.32 Å². The van der Waals surface area contributed by atoms with Crippen LogP contribution in [0.4, 0.5) is 5.69 Å². The second-order valence-corrected chi connectivity index (χ2v) is 5.14. The average molecular weight is 252 g/mol. The third-order valence-corrected chi connectivity index (χ3v) is 4.04. The van der Waals surface area contributed by atoms with Gasteiger partial charge >= 0.3 is 0 Å². The van der Waals surface area contributed by atoms with Crippen LogP contribution >= 0.6 is 11.3 Å². The van der Waals surface area contributed by atoms with Crippen LogP contribution in [0.2, 0.25) is 0 Å². The highest BCUT2D eigenvalue weighted by Gasteiger charge is 2.24. The lowest BCUT2D eigenvalue weighted by atomic mass is 9.96. The largest absolute Gasteiger partial charge is 0.371 e. The van der Waals surface area contributed by atoms with E-state index in [4.69, 9.17) is 0 Å². The first kappa shape index (κ1) is 12.1. The first-order valence-corrected chi connectivity index (χ1v) is 6.63. The Kier molecular flexibility index (Phi) is 3.78. The van der Waals surface area contributed by atoms with Gasteiger partial charge in [-0.1, -0.05) is 0 Å². The number of hydrogen-bond donors (Lipinski definition) is 1. The Labute approximate surface area is 105 Å². The second-order valence-electron chi connectivity index (χ2n) is 4.20. The number of piperidine rings is 1. The van der Waals surface area contributed by atoms with E-state index in [1.807, 2.05) is 11.4 Å². The molecule has 1 fully saturated rings. The summed E-state index contributed by atoms with van der Waals surface area (Å²) in [5.74, 6) is 0.281. The summed E-state index contributed by atoms with van der Waals surface area (Å²) >= 11 is 1.47. The van der Waals surface area contributed by atoms with Gasteiger partial charge in [-0.3, -0.25) is 9.59 Å². The van der Waals surface area contributed by atoms with Crippen LogP contribution in [0.1, 0.15) is 22.5 Å². The van der Waals surface area contributed by atoms with E-state index in [2.05, 4.69) is 10.2 Å². The highest BCUT2D eigenvalue weighted by molar-refractivity contribution is 7.12. The van der Waals surface area contributed by atoms with Crippen LogP contribution in [0.15, 0.2) is 11.4 Å². The van der Waals surface area contributed by atoms with Crippen molar-refractivity contribution in [3.05, 3.63) is 16.3 Å². The fourth-order valence-corrected chi connectivity index (χ4v) is 2.89. The molecule has 4 nitrogen and oxygen atoms in total. The normalized spacial score (nSPS) is 16.9. The van der Waals surface area contributed by atoms with Gasteiger partial charge in [0.05, 0.1) is 4.88 Å². The molecule has 5 heteroatoms. The quantitative estimate of drug-likeness (QED) is 0.830. The maximum absolute atomic E-state index is 11.5.